The van der Waals surface area contributed by atoms with Crippen LogP contribution >= 0.6 is 12.2 Å². The Bertz CT molecular complexity index is 218. The van der Waals surface area contributed by atoms with E-state index in [2.05, 4.69) is 18.9 Å². The number of nitrogens with zero attached hydrogens (tertiary/aromatic N) is 1. The third-order valence-corrected chi connectivity index (χ3v) is 3.92. The number of thiocarbonyl (C=S) groups is 1. The third kappa shape index (κ3) is 5.26. The largest absolute Gasteiger partial charge is 0.393 e. The van der Waals surface area contributed by atoms with Gasteiger partial charge in [0.15, 0.2) is 0 Å². The Hall–Kier alpha value is -0.150. The normalized spacial score (nSPS) is 25.9. The van der Waals surface area contributed by atoms with E-state index in [9.17, 15) is 0 Å². The summed E-state index contributed by atoms with van der Waals surface area (Å²) in [4.78, 5) is 3.20. The van der Waals surface area contributed by atoms with E-state index in [-0.39, 0.29) is 0 Å². The van der Waals surface area contributed by atoms with Crippen LogP contribution in [-0.4, -0.2) is 29.5 Å². The molecular formula is C13H26N2S. The first-order chi connectivity index (χ1) is 7.59. The summed E-state index contributed by atoms with van der Waals surface area (Å²) in [7, 11) is 2.27. The molecule has 0 bridgehead atoms. The molecule has 94 valence electrons. The Balaban J connectivity index is 2.13. The van der Waals surface area contributed by atoms with E-state index in [0.717, 1.165) is 24.8 Å². The molecule has 1 rings (SSSR count). The standard InChI is InChI=1S/C13H26N2S/c1-11-6-5-7-12(10-11)15(2)9-4-3-8-13(14)16/h11-12H,3-10H2,1-2H3,(H2,14,16). The van der Waals surface area contributed by atoms with Gasteiger partial charge >= 0.3 is 0 Å². The molecule has 1 aliphatic rings. The van der Waals surface area contributed by atoms with Gasteiger partial charge < -0.3 is 10.6 Å². The molecule has 0 radical (unpaired) electrons. The lowest BCUT2D eigenvalue weighted by atomic mass is 9.86. The Kier molecular flexibility index (Phi) is 6.29. The van der Waals surface area contributed by atoms with Crippen LogP contribution in [0.2, 0.25) is 0 Å². The summed E-state index contributed by atoms with van der Waals surface area (Å²) < 4.78 is 0. The average molecular weight is 242 g/mol. The Morgan fingerprint density at radius 1 is 1.38 bits per heavy atom. The van der Waals surface area contributed by atoms with E-state index < -0.39 is 0 Å². The number of unbranched alkanes of at least 4 members (excludes halogenated alkanes) is 1. The van der Waals surface area contributed by atoms with Gasteiger partial charge in [-0.1, -0.05) is 32.0 Å². The minimum atomic E-state index is 0.661. The molecule has 2 N–H and O–H groups in total. The fourth-order valence-electron chi connectivity index (χ4n) is 2.65. The van der Waals surface area contributed by atoms with Crippen LogP contribution in [0.25, 0.3) is 0 Å². The predicted molar refractivity (Wildman–Crippen MR) is 74.7 cm³/mol. The number of nitrogens with two attached hydrogens (primary N) is 1. The van der Waals surface area contributed by atoms with Crippen molar-refractivity contribution in [1.29, 1.82) is 0 Å². The van der Waals surface area contributed by atoms with Gasteiger partial charge in [-0.15, -0.1) is 0 Å². The second-order valence-electron chi connectivity index (χ2n) is 5.33. The van der Waals surface area contributed by atoms with Gasteiger partial charge in [0.2, 0.25) is 0 Å². The van der Waals surface area contributed by atoms with E-state index in [0.29, 0.717) is 4.99 Å². The van der Waals surface area contributed by atoms with Crippen molar-refractivity contribution < 1.29 is 0 Å². The van der Waals surface area contributed by atoms with Crippen molar-refractivity contribution in [3.63, 3.8) is 0 Å². The highest BCUT2D eigenvalue weighted by molar-refractivity contribution is 7.80. The van der Waals surface area contributed by atoms with Crippen molar-refractivity contribution in [2.75, 3.05) is 13.6 Å². The fraction of sp³-hybridized carbons (Fsp3) is 0.923. The molecule has 0 aromatic heterocycles. The molecular weight excluding hydrogens is 216 g/mol. The molecule has 2 nitrogen and oxygen atoms in total. The highest BCUT2D eigenvalue weighted by Crippen LogP contribution is 2.26. The number of rotatable bonds is 6. The van der Waals surface area contributed by atoms with Crippen LogP contribution < -0.4 is 5.73 Å². The lowest BCUT2D eigenvalue weighted by Crippen LogP contribution is -2.36. The smallest absolute Gasteiger partial charge is 0.0727 e. The van der Waals surface area contributed by atoms with Crippen LogP contribution in [0.4, 0.5) is 0 Å². The lowest BCUT2D eigenvalue weighted by molar-refractivity contribution is 0.162. The van der Waals surface area contributed by atoms with Crippen molar-refractivity contribution in [1.82, 2.24) is 4.90 Å². The molecule has 16 heavy (non-hydrogen) atoms. The summed E-state index contributed by atoms with van der Waals surface area (Å²) in [5.74, 6) is 0.915. The maximum absolute atomic E-state index is 5.49. The monoisotopic (exact) mass is 242 g/mol. The molecule has 1 aliphatic carbocycles. The lowest BCUT2D eigenvalue weighted by Gasteiger charge is -2.34. The van der Waals surface area contributed by atoms with Gasteiger partial charge in [-0.25, -0.2) is 0 Å². The predicted octanol–water partition coefficient (Wildman–Crippen LogP) is 2.95. The average Bonchev–Trinajstić information content (AvgIpc) is 2.24. The summed E-state index contributed by atoms with van der Waals surface area (Å²) in [6.07, 6.45) is 8.86. The first-order valence-corrected chi connectivity index (χ1v) is 6.99. The molecule has 1 saturated carbocycles. The molecule has 0 heterocycles. The van der Waals surface area contributed by atoms with Crippen molar-refractivity contribution in [3.05, 3.63) is 0 Å². The van der Waals surface area contributed by atoms with Gasteiger partial charge in [-0.2, -0.15) is 0 Å². The van der Waals surface area contributed by atoms with Gasteiger partial charge in [0.25, 0.3) is 0 Å². The van der Waals surface area contributed by atoms with E-state index in [1.54, 1.807) is 0 Å². The van der Waals surface area contributed by atoms with Gasteiger partial charge in [-0.3, -0.25) is 0 Å². The number of hydrogen-bond donors (Lipinski definition) is 1. The molecule has 2 atom stereocenters. The quantitative estimate of drug-likeness (QED) is 0.573. The van der Waals surface area contributed by atoms with Crippen LogP contribution in [0.5, 0.6) is 0 Å². The van der Waals surface area contributed by atoms with Gasteiger partial charge in [0.05, 0.1) is 4.99 Å². The minimum absolute atomic E-state index is 0.661. The second-order valence-corrected chi connectivity index (χ2v) is 5.85. The molecule has 0 spiro atoms. The highest BCUT2D eigenvalue weighted by atomic mass is 32.1. The van der Waals surface area contributed by atoms with Crippen LogP contribution in [0, 0.1) is 5.92 Å². The SMILES string of the molecule is CC1CCCC(N(C)CCCCC(N)=S)C1. The third-order valence-electron chi connectivity index (χ3n) is 3.72. The summed E-state index contributed by atoms with van der Waals surface area (Å²) in [5.41, 5.74) is 5.49. The topological polar surface area (TPSA) is 29.3 Å². The van der Waals surface area contributed by atoms with Crippen molar-refractivity contribution >= 4 is 17.2 Å². The van der Waals surface area contributed by atoms with E-state index in [1.165, 1.54) is 38.6 Å². The number of hydrogen-bond acceptors (Lipinski definition) is 2. The van der Waals surface area contributed by atoms with E-state index in [4.69, 9.17) is 18.0 Å². The minimum Gasteiger partial charge on any atom is -0.393 e. The molecule has 2 unspecified atom stereocenters. The van der Waals surface area contributed by atoms with E-state index in [1.807, 2.05) is 0 Å². The summed E-state index contributed by atoms with van der Waals surface area (Å²) in [5, 5.41) is 0. The molecule has 0 aromatic carbocycles. The maximum Gasteiger partial charge on any atom is 0.0727 e. The van der Waals surface area contributed by atoms with Crippen LogP contribution in [0.3, 0.4) is 0 Å². The molecule has 0 saturated heterocycles. The van der Waals surface area contributed by atoms with Crippen LogP contribution in [-0.2, 0) is 0 Å². The summed E-state index contributed by atoms with van der Waals surface area (Å²) in [6, 6.07) is 0.813. The van der Waals surface area contributed by atoms with Crippen LogP contribution in [0.15, 0.2) is 0 Å². The maximum atomic E-state index is 5.49. The Morgan fingerprint density at radius 2 is 2.12 bits per heavy atom. The Morgan fingerprint density at radius 3 is 2.75 bits per heavy atom. The Labute approximate surface area is 106 Å². The van der Waals surface area contributed by atoms with Crippen molar-refractivity contribution in [2.45, 2.75) is 57.9 Å². The zero-order valence-electron chi connectivity index (χ0n) is 10.7. The van der Waals surface area contributed by atoms with Gasteiger partial charge in [0.1, 0.15) is 0 Å². The van der Waals surface area contributed by atoms with Crippen molar-refractivity contribution in [2.24, 2.45) is 11.7 Å². The molecule has 0 aromatic rings. The highest BCUT2D eigenvalue weighted by Gasteiger charge is 2.21. The van der Waals surface area contributed by atoms with Gasteiger partial charge in [0, 0.05) is 6.04 Å². The molecule has 0 aliphatic heterocycles. The molecule has 0 amide bonds. The zero-order chi connectivity index (χ0) is 12.0. The molecule has 1 fully saturated rings. The second kappa shape index (κ2) is 7.23. The van der Waals surface area contributed by atoms with E-state index >= 15 is 0 Å². The first kappa shape index (κ1) is 13.9. The van der Waals surface area contributed by atoms with Crippen molar-refractivity contribution in [3.8, 4) is 0 Å². The van der Waals surface area contributed by atoms with Gasteiger partial charge in [-0.05, 0) is 51.6 Å². The summed E-state index contributed by atoms with van der Waals surface area (Å²) in [6.45, 7) is 3.58. The summed E-state index contributed by atoms with van der Waals surface area (Å²) >= 11 is 4.88. The molecule has 3 heteroatoms. The fourth-order valence-corrected chi connectivity index (χ4v) is 2.79. The first-order valence-electron chi connectivity index (χ1n) is 6.58. The van der Waals surface area contributed by atoms with Crippen LogP contribution in [0.1, 0.15) is 51.9 Å². The zero-order valence-corrected chi connectivity index (χ0v) is 11.6.